The number of hydrogen-bond donors (Lipinski definition) is 1. The second-order valence-electron chi connectivity index (χ2n) is 7.26. The molecule has 146 valence electrons. The quantitative estimate of drug-likeness (QED) is 0.856. The Morgan fingerprint density at radius 2 is 2.04 bits per heavy atom. The maximum atomic E-state index is 14.8. The Hall–Kier alpha value is -2.19. The van der Waals surface area contributed by atoms with Crippen LogP contribution in [0.2, 0.25) is 0 Å². The lowest BCUT2D eigenvalue weighted by molar-refractivity contribution is 0.0695. The number of aromatic nitrogens is 2. The van der Waals surface area contributed by atoms with E-state index in [1.54, 1.807) is 4.57 Å². The van der Waals surface area contributed by atoms with Gasteiger partial charge in [0.1, 0.15) is 11.2 Å². The van der Waals surface area contributed by atoms with Crippen molar-refractivity contribution < 1.29 is 14.3 Å². The topological polar surface area (TPSA) is 78.7 Å². The summed E-state index contributed by atoms with van der Waals surface area (Å²) in [5.74, 6) is -1.66. The molecule has 2 aromatic rings. The van der Waals surface area contributed by atoms with E-state index in [1.807, 2.05) is 11.9 Å². The minimum atomic E-state index is -1.30. The number of anilines is 1. The van der Waals surface area contributed by atoms with Gasteiger partial charge in [0.15, 0.2) is 11.6 Å². The third-order valence-electron chi connectivity index (χ3n) is 5.37. The Balaban J connectivity index is 0.00000210. The van der Waals surface area contributed by atoms with E-state index >= 15 is 0 Å². The van der Waals surface area contributed by atoms with Crippen LogP contribution in [0.15, 0.2) is 17.1 Å². The summed E-state index contributed by atoms with van der Waals surface area (Å²) < 4.78 is 16.5. The fourth-order valence-electron chi connectivity index (χ4n) is 3.48. The lowest BCUT2D eigenvalue weighted by atomic mass is 10.1. The van der Waals surface area contributed by atoms with Crippen LogP contribution in [0.5, 0.6) is 0 Å². The van der Waals surface area contributed by atoms with Crippen LogP contribution in [0.25, 0.3) is 11.0 Å². The summed E-state index contributed by atoms with van der Waals surface area (Å²) in [7, 11) is 2.03. The lowest BCUT2D eigenvalue weighted by Gasteiger charge is -2.38. The van der Waals surface area contributed by atoms with Crippen molar-refractivity contribution in [2.45, 2.75) is 31.8 Å². The van der Waals surface area contributed by atoms with Gasteiger partial charge in [-0.1, -0.05) is 0 Å². The summed E-state index contributed by atoms with van der Waals surface area (Å²) >= 11 is 0. The molecule has 0 radical (unpaired) electrons. The van der Waals surface area contributed by atoms with Gasteiger partial charge in [-0.05, 0) is 32.9 Å². The van der Waals surface area contributed by atoms with Crippen LogP contribution in [0.4, 0.5) is 10.2 Å². The van der Waals surface area contributed by atoms with Crippen LogP contribution < -0.4 is 10.3 Å². The minimum absolute atomic E-state index is 0. The van der Waals surface area contributed by atoms with Gasteiger partial charge in [0, 0.05) is 37.9 Å². The zero-order valence-electron chi connectivity index (χ0n) is 15.2. The number of carboxylic acid groups (broad SMARTS) is 1. The van der Waals surface area contributed by atoms with Crippen LogP contribution >= 0.6 is 12.4 Å². The number of fused-ring (bicyclic) bond motifs is 1. The first-order valence-electron chi connectivity index (χ1n) is 8.80. The molecule has 0 aromatic carbocycles. The Morgan fingerprint density at radius 1 is 1.33 bits per heavy atom. The van der Waals surface area contributed by atoms with Crippen molar-refractivity contribution >= 4 is 35.2 Å². The highest BCUT2D eigenvalue weighted by molar-refractivity contribution is 5.92. The van der Waals surface area contributed by atoms with Crippen molar-refractivity contribution in [2.24, 2.45) is 0 Å². The van der Waals surface area contributed by atoms with E-state index in [2.05, 4.69) is 16.8 Å². The summed E-state index contributed by atoms with van der Waals surface area (Å²) in [6.45, 7) is 4.17. The fraction of sp³-hybridized carbons (Fsp3) is 0.500. The number of hydrogen-bond acceptors (Lipinski definition) is 5. The van der Waals surface area contributed by atoms with E-state index in [4.69, 9.17) is 0 Å². The number of rotatable bonds is 3. The van der Waals surface area contributed by atoms with Crippen LogP contribution in [0.3, 0.4) is 0 Å². The fourth-order valence-corrected chi connectivity index (χ4v) is 3.48. The molecule has 1 atom stereocenters. The number of piperazine rings is 1. The van der Waals surface area contributed by atoms with Crippen LogP contribution in [0, 0.1) is 5.82 Å². The predicted octanol–water partition coefficient (Wildman–Crippen LogP) is 2.13. The van der Waals surface area contributed by atoms with E-state index in [9.17, 15) is 19.1 Å². The number of carboxylic acids is 1. The van der Waals surface area contributed by atoms with Crippen molar-refractivity contribution in [3.63, 3.8) is 0 Å². The summed E-state index contributed by atoms with van der Waals surface area (Å²) in [5, 5.41) is 9.32. The Bertz CT molecular complexity index is 960. The van der Waals surface area contributed by atoms with Crippen molar-refractivity contribution in [3.8, 4) is 0 Å². The first kappa shape index (κ1) is 19.6. The molecule has 1 saturated heterocycles. The summed E-state index contributed by atoms with van der Waals surface area (Å²) in [6.07, 6.45) is 3.15. The molecular weight excluding hydrogens is 375 g/mol. The summed E-state index contributed by atoms with van der Waals surface area (Å²) in [4.78, 5) is 32.4. The highest BCUT2D eigenvalue weighted by atomic mass is 35.5. The molecule has 1 aliphatic heterocycles. The molecule has 1 unspecified atom stereocenters. The van der Waals surface area contributed by atoms with Crippen LogP contribution in [0.1, 0.15) is 36.2 Å². The predicted molar refractivity (Wildman–Crippen MR) is 103 cm³/mol. The van der Waals surface area contributed by atoms with Crippen molar-refractivity contribution in [2.75, 3.05) is 31.6 Å². The number of likely N-dealkylation sites (N-methyl/N-ethyl adjacent to an activating group) is 1. The van der Waals surface area contributed by atoms with Gasteiger partial charge in [0.25, 0.3) is 0 Å². The van der Waals surface area contributed by atoms with Gasteiger partial charge >= 0.3 is 5.97 Å². The Kier molecular flexibility index (Phi) is 5.14. The molecule has 0 amide bonds. The molecule has 1 N–H and O–H groups in total. The van der Waals surface area contributed by atoms with Crippen LogP contribution in [-0.2, 0) is 0 Å². The maximum absolute atomic E-state index is 14.8. The normalized spacial score (nSPS) is 20.6. The Labute approximate surface area is 161 Å². The highest BCUT2D eigenvalue weighted by Gasteiger charge is 2.30. The average molecular weight is 397 g/mol. The van der Waals surface area contributed by atoms with Gasteiger partial charge in [-0.15, -0.1) is 12.4 Å². The number of halogens is 2. The largest absolute Gasteiger partial charge is 0.477 e. The SMILES string of the molecule is CC1CN(c2nc3c(cc2F)c(=O)c(C(=O)O)cn3C2CC2)CCN1C.Cl. The third kappa shape index (κ3) is 3.39. The minimum Gasteiger partial charge on any atom is -0.477 e. The van der Waals surface area contributed by atoms with E-state index < -0.39 is 17.2 Å². The molecule has 7 nitrogen and oxygen atoms in total. The molecule has 3 heterocycles. The molecule has 27 heavy (non-hydrogen) atoms. The second-order valence-corrected chi connectivity index (χ2v) is 7.26. The molecular formula is C18H22ClFN4O3. The zero-order chi connectivity index (χ0) is 18.6. The van der Waals surface area contributed by atoms with Crippen LogP contribution in [-0.4, -0.2) is 58.3 Å². The molecule has 2 fully saturated rings. The van der Waals surface area contributed by atoms with E-state index in [0.29, 0.717) is 18.7 Å². The number of nitrogens with zero attached hydrogens (tertiary/aromatic N) is 4. The number of pyridine rings is 2. The smallest absolute Gasteiger partial charge is 0.341 e. The maximum Gasteiger partial charge on any atom is 0.341 e. The molecule has 4 rings (SSSR count). The van der Waals surface area contributed by atoms with E-state index in [-0.39, 0.29) is 41.3 Å². The summed E-state index contributed by atoms with van der Waals surface area (Å²) in [5.41, 5.74) is -0.661. The zero-order valence-corrected chi connectivity index (χ0v) is 16.0. The van der Waals surface area contributed by atoms with Gasteiger partial charge in [0.2, 0.25) is 5.43 Å². The number of carbonyl (C=O) groups is 1. The molecule has 2 aromatic heterocycles. The van der Waals surface area contributed by atoms with E-state index in [0.717, 1.165) is 25.5 Å². The third-order valence-corrected chi connectivity index (χ3v) is 5.37. The van der Waals surface area contributed by atoms with Gasteiger partial charge in [-0.3, -0.25) is 4.79 Å². The second kappa shape index (κ2) is 7.09. The van der Waals surface area contributed by atoms with Gasteiger partial charge in [0.05, 0.1) is 5.39 Å². The number of aromatic carboxylic acids is 1. The van der Waals surface area contributed by atoms with Crippen molar-refractivity contribution in [1.82, 2.24) is 14.5 Å². The Morgan fingerprint density at radius 3 is 2.63 bits per heavy atom. The van der Waals surface area contributed by atoms with Crippen molar-refractivity contribution in [3.05, 3.63) is 33.9 Å². The first-order chi connectivity index (χ1) is 12.4. The summed E-state index contributed by atoms with van der Waals surface area (Å²) in [6, 6.07) is 1.53. The lowest BCUT2D eigenvalue weighted by Crippen LogP contribution is -2.50. The molecule has 1 saturated carbocycles. The first-order valence-corrected chi connectivity index (χ1v) is 8.80. The van der Waals surface area contributed by atoms with E-state index in [1.165, 1.54) is 6.20 Å². The van der Waals surface area contributed by atoms with Crippen molar-refractivity contribution in [1.29, 1.82) is 0 Å². The molecule has 2 aliphatic rings. The highest BCUT2D eigenvalue weighted by Crippen LogP contribution is 2.37. The molecule has 9 heteroatoms. The van der Waals surface area contributed by atoms with Gasteiger partial charge in [-0.2, -0.15) is 0 Å². The molecule has 1 aliphatic carbocycles. The monoisotopic (exact) mass is 396 g/mol. The standard InChI is InChI=1S/C18H21FN4O3.ClH/c1-10-8-22(6-5-21(10)2)17-14(19)7-12-15(24)13(18(25)26)9-23(11-3-4-11)16(12)20-17;/h7,9-11H,3-6,8H2,1-2H3,(H,25,26);1H. The van der Waals surface area contributed by atoms with Gasteiger partial charge < -0.3 is 19.5 Å². The van der Waals surface area contributed by atoms with Gasteiger partial charge in [-0.25, -0.2) is 14.2 Å². The average Bonchev–Trinajstić information content (AvgIpc) is 3.42. The molecule has 0 spiro atoms. The molecule has 0 bridgehead atoms.